The Labute approximate surface area is 157 Å². The SMILES string of the molecule is C[C@@H]1C[C@@H](O)[C@@]23CO[C@]2(CO)C[C@@H](O)C[C@@H]3[C@@]12C[C@@H](c1ccoc1)OC2=O. The molecule has 1 aromatic rings. The van der Waals surface area contributed by atoms with E-state index < -0.39 is 34.7 Å². The summed E-state index contributed by atoms with van der Waals surface area (Å²) < 4.78 is 16.8. The lowest BCUT2D eigenvalue weighted by Gasteiger charge is -2.71. The van der Waals surface area contributed by atoms with Gasteiger partial charge in [0.05, 0.1) is 48.8 Å². The predicted octanol–water partition coefficient (Wildman–Crippen LogP) is 1.17. The quantitative estimate of drug-likeness (QED) is 0.663. The van der Waals surface area contributed by atoms with Gasteiger partial charge >= 0.3 is 5.97 Å². The number of ether oxygens (including phenoxy) is 2. The van der Waals surface area contributed by atoms with Crippen LogP contribution in [0.15, 0.2) is 23.0 Å². The maximum Gasteiger partial charge on any atom is 0.313 e. The summed E-state index contributed by atoms with van der Waals surface area (Å²) >= 11 is 0. The van der Waals surface area contributed by atoms with E-state index in [9.17, 15) is 20.1 Å². The highest BCUT2D eigenvalue weighted by atomic mass is 16.6. The van der Waals surface area contributed by atoms with Crippen molar-refractivity contribution in [3.63, 3.8) is 0 Å². The third kappa shape index (κ3) is 1.93. The lowest BCUT2D eigenvalue weighted by atomic mass is 9.39. The van der Waals surface area contributed by atoms with Crippen molar-refractivity contribution in [2.75, 3.05) is 13.2 Å². The van der Waals surface area contributed by atoms with Gasteiger partial charge in [-0.15, -0.1) is 0 Å². The normalized spacial score (nSPS) is 51.4. The zero-order chi connectivity index (χ0) is 19.0. The monoisotopic (exact) mass is 378 g/mol. The number of fused-ring (bicyclic) bond motifs is 1. The minimum absolute atomic E-state index is 0.102. The summed E-state index contributed by atoms with van der Waals surface area (Å²) in [7, 11) is 0. The fourth-order valence-corrected chi connectivity index (χ4v) is 6.72. The lowest BCUT2D eigenvalue weighted by Crippen LogP contribution is -2.80. The van der Waals surface area contributed by atoms with Gasteiger partial charge in [-0.25, -0.2) is 0 Å². The molecule has 5 rings (SSSR count). The minimum atomic E-state index is -0.990. The van der Waals surface area contributed by atoms with Crippen LogP contribution >= 0.6 is 0 Å². The first-order valence-corrected chi connectivity index (χ1v) is 9.74. The molecule has 0 radical (unpaired) electrons. The van der Waals surface area contributed by atoms with Gasteiger partial charge in [-0.05, 0) is 30.7 Å². The number of esters is 1. The first-order chi connectivity index (χ1) is 12.9. The van der Waals surface area contributed by atoms with Crippen LogP contribution in [0, 0.1) is 22.7 Å². The van der Waals surface area contributed by atoms with E-state index in [0.29, 0.717) is 25.9 Å². The first-order valence-electron chi connectivity index (χ1n) is 9.74. The van der Waals surface area contributed by atoms with Crippen LogP contribution in [0.5, 0.6) is 0 Å². The molecule has 3 N–H and O–H groups in total. The summed E-state index contributed by atoms with van der Waals surface area (Å²) in [6.45, 7) is 2.00. The summed E-state index contributed by atoms with van der Waals surface area (Å²) in [5, 5.41) is 31.8. The van der Waals surface area contributed by atoms with Gasteiger partial charge in [-0.1, -0.05) is 6.92 Å². The molecule has 1 aromatic heterocycles. The predicted molar refractivity (Wildman–Crippen MR) is 91.3 cm³/mol. The van der Waals surface area contributed by atoms with Gasteiger partial charge in [0, 0.05) is 18.4 Å². The molecule has 148 valence electrons. The summed E-state index contributed by atoms with van der Waals surface area (Å²) in [5.74, 6) is -0.682. The highest BCUT2D eigenvalue weighted by Gasteiger charge is 2.78. The van der Waals surface area contributed by atoms with Crippen molar-refractivity contribution in [3.8, 4) is 0 Å². The minimum Gasteiger partial charge on any atom is -0.472 e. The third-order valence-corrected chi connectivity index (χ3v) is 8.13. The Balaban J connectivity index is 1.61. The number of carbonyl (C=O) groups is 1. The molecule has 4 fully saturated rings. The number of carbonyl (C=O) groups excluding carboxylic acids is 1. The molecule has 0 unspecified atom stereocenters. The van der Waals surface area contributed by atoms with Crippen LogP contribution in [0.3, 0.4) is 0 Å². The molecule has 0 amide bonds. The maximum absolute atomic E-state index is 13.3. The first kappa shape index (κ1) is 17.7. The van der Waals surface area contributed by atoms with Crippen molar-refractivity contribution < 1.29 is 34.0 Å². The van der Waals surface area contributed by atoms with Crippen LogP contribution in [0.4, 0.5) is 0 Å². The van der Waals surface area contributed by atoms with Gasteiger partial charge in [0.15, 0.2) is 0 Å². The number of cyclic esters (lactones) is 1. The van der Waals surface area contributed by atoms with Gasteiger partial charge in [0.25, 0.3) is 0 Å². The summed E-state index contributed by atoms with van der Waals surface area (Å²) in [5.41, 5.74) is -1.71. The van der Waals surface area contributed by atoms with E-state index in [-0.39, 0.29) is 30.8 Å². The number of hydrogen-bond acceptors (Lipinski definition) is 7. The van der Waals surface area contributed by atoms with Gasteiger partial charge in [-0.3, -0.25) is 4.79 Å². The third-order valence-electron chi connectivity index (χ3n) is 8.13. The summed E-state index contributed by atoms with van der Waals surface area (Å²) in [4.78, 5) is 13.3. The van der Waals surface area contributed by atoms with E-state index in [1.54, 1.807) is 18.6 Å². The zero-order valence-corrected chi connectivity index (χ0v) is 15.3. The smallest absolute Gasteiger partial charge is 0.313 e. The van der Waals surface area contributed by atoms with Gasteiger partial charge in [-0.2, -0.15) is 0 Å². The molecule has 8 atom stereocenters. The largest absolute Gasteiger partial charge is 0.472 e. The van der Waals surface area contributed by atoms with E-state index in [2.05, 4.69) is 0 Å². The molecule has 7 nitrogen and oxygen atoms in total. The van der Waals surface area contributed by atoms with E-state index >= 15 is 0 Å². The molecule has 0 aromatic carbocycles. The molecular formula is C20H26O7. The fraction of sp³-hybridized carbons (Fsp3) is 0.750. The fourth-order valence-electron chi connectivity index (χ4n) is 6.72. The Bertz CT molecular complexity index is 744. The number of hydrogen-bond donors (Lipinski definition) is 3. The van der Waals surface area contributed by atoms with Crippen molar-refractivity contribution in [1.82, 2.24) is 0 Å². The zero-order valence-electron chi connectivity index (χ0n) is 15.3. The molecule has 2 aliphatic heterocycles. The highest BCUT2D eigenvalue weighted by Crippen LogP contribution is 2.71. The van der Waals surface area contributed by atoms with Crippen LogP contribution < -0.4 is 0 Å². The Morgan fingerprint density at radius 3 is 2.70 bits per heavy atom. The summed E-state index contributed by atoms with van der Waals surface area (Å²) in [6, 6.07) is 1.80. The van der Waals surface area contributed by atoms with Crippen LogP contribution in [-0.4, -0.2) is 52.3 Å². The topological polar surface area (TPSA) is 109 Å². The molecule has 2 saturated heterocycles. The van der Waals surface area contributed by atoms with Crippen molar-refractivity contribution in [2.24, 2.45) is 22.7 Å². The highest BCUT2D eigenvalue weighted by molar-refractivity contribution is 5.81. The Morgan fingerprint density at radius 1 is 1.26 bits per heavy atom. The number of aliphatic hydroxyl groups excluding tert-OH is 3. The molecule has 7 heteroatoms. The average molecular weight is 378 g/mol. The molecule has 2 saturated carbocycles. The van der Waals surface area contributed by atoms with Gasteiger partial charge in [0.1, 0.15) is 11.7 Å². The van der Waals surface area contributed by atoms with E-state index in [0.717, 1.165) is 5.56 Å². The molecular weight excluding hydrogens is 352 g/mol. The molecule has 2 spiro atoms. The average Bonchev–Trinajstić information content (AvgIpc) is 3.24. The van der Waals surface area contributed by atoms with Gasteiger partial charge in [0.2, 0.25) is 0 Å². The van der Waals surface area contributed by atoms with Crippen molar-refractivity contribution in [2.45, 2.75) is 56.5 Å². The van der Waals surface area contributed by atoms with Gasteiger partial charge < -0.3 is 29.2 Å². The Kier molecular flexibility index (Phi) is 3.64. The van der Waals surface area contributed by atoms with E-state index in [1.807, 2.05) is 6.92 Å². The maximum atomic E-state index is 13.3. The molecule has 4 aliphatic rings. The van der Waals surface area contributed by atoms with E-state index in [1.165, 1.54) is 0 Å². The van der Waals surface area contributed by atoms with Crippen molar-refractivity contribution >= 4 is 5.97 Å². The number of furan rings is 1. The second-order valence-electron chi connectivity index (χ2n) is 8.98. The number of rotatable bonds is 2. The second-order valence-corrected chi connectivity index (χ2v) is 8.98. The van der Waals surface area contributed by atoms with Crippen LogP contribution in [-0.2, 0) is 14.3 Å². The molecule has 2 aliphatic carbocycles. The Hall–Kier alpha value is -1.41. The second kappa shape index (κ2) is 5.56. The lowest BCUT2D eigenvalue weighted by molar-refractivity contribution is -0.382. The molecule has 3 heterocycles. The van der Waals surface area contributed by atoms with Crippen LogP contribution in [0.2, 0.25) is 0 Å². The molecule has 27 heavy (non-hydrogen) atoms. The van der Waals surface area contributed by atoms with Crippen LogP contribution in [0.1, 0.15) is 44.3 Å². The Morgan fingerprint density at radius 2 is 2.07 bits per heavy atom. The summed E-state index contributed by atoms with van der Waals surface area (Å²) in [6.07, 6.45) is 3.00. The van der Waals surface area contributed by atoms with Crippen LogP contribution in [0.25, 0.3) is 0 Å². The van der Waals surface area contributed by atoms with Crippen molar-refractivity contribution in [1.29, 1.82) is 0 Å². The standard InChI is InChI=1S/C20H26O7/c1-11-4-16(23)20-10-26-18(20,9-21)6-13(22)5-15(20)19(11)7-14(27-17(19)24)12-2-3-25-8-12/h2-3,8,11,13-16,21-23H,4-7,9-10H2,1H3/t11-,13+,14+,15-,16-,18+,19-,20+/m1/s1. The molecule has 0 bridgehead atoms. The van der Waals surface area contributed by atoms with E-state index in [4.69, 9.17) is 13.9 Å². The number of aliphatic hydroxyl groups is 3. The van der Waals surface area contributed by atoms with Crippen molar-refractivity contribution in [3.05, 3.63) is 24.2 Å².